The Hall–Kier alpha value is -1.13. The molecule has 18 heavy (non-hydrogen) atoms. The Bertz CT molecular complexity index is 415. The molecular weight excluding hydrogens is 228 g/mol. The van der Waals surface area contributed by atoms with Crippen LogP contribution in [0.1, 0.15) is 29.7 Å². The summed E-state index contributed by atoms with van der Waals surface area (Å²) in [6, 6.07) is 0.0195. The molecule has 0 saturated carbocycles. The topological polar surface area (TPSA) is 57.4 Å². The van der Waals surface area contributed by atoms with Crippen LogP contribution in [0.15, 0.2) is 6.20 Å². The highest BCUT2D eigenvalue weighted by molar-refractivity contribution is 5.41. The summed E-state index contributed by atoms with van der Waals surface area (Å²) >= 11 is 0. The van der Waals surface area contributed by atoms with E-state index in [1.165, 1.54) is 0 Å². The first-order valence-corrected chi connectivity index (χ1v) is 6.49. The van der Waals surface area contributed by atoms with Gasteiger partial charge in [-0.05, 0) is 26.7 Å². The molecule has 2 rings (SSSR count). The highest BCUT2D eigenvalue weighted by Crippen LogP contribution is 2.25. The number of nitrogens with two attached hydrogens (primary N) is 1. The van der Waals surface area contributed by atoms with Gasteiger partial charge in [0, 0.05) is 42.1 Å². The monoisotopic (exact) mass is 250 g/mol. The first kappa shape index (κ1) is 13.3. The lowest BCUT2D eigenvalue weighted by atomic mass is 10.00. The van der Waals surface area contributed by atoms with E-state index in [9.17, 15) is 0 Å². The number of ether oxygens (including phenoxy) is 2. The highest BCUT2D eigenvalue weighted by Gasteiger charge is 2.24. The van der Waals surface area contributed by atoms with Crippen molar-refractivity contribution in [2.45, 2.75) is 45.3 Å². The van der Waals surface area contributed by atoms with Crippen LogP contribution in [-0.4, -0.2) is 30.8 Å². The van der Waals surface area contributed by atoms with E-state index in [4.69, 9.17) is 15.2 Å². The van der Waals surface area contributed by atoms with Crippen LogP contribution in [0.4, 0.5) is 0 Å². The third-order valence-corrected chi connectivity index (χ3v) is 3.62. The number of pyridine rings is 1. The summed E-state index contributed by atoms with van der Waals surface area (Å²) in [5.41, 5.74) is 9.37. The van der Waals surface area contributed by atoms with E-state index in [2.05, 4.69) is 4.98 Å². The van der Waals surface area contributed by atoms with Crippen molar-refractivity contribution in [3.63, 3.8) is 0 Å². The number of methoxy groups -OCH3 is 1. The summed E-state index contributed by atoms with van der Waals surface area (Å²) in [6.45, 7) is 4.88. The Morgan fingerprint density at radius 3 is 2.94 bits per heavy atom. The van der Waals surface area contributed by atoms with Crippen molar-refractivity contribution in [3.8, 4) is 5.75 Å². The van der Waals surface area contributed by atoms with Crippen molar-refractivity contribution in [1.29, 1.82) is 0 Å². The van der Waals surface area contributed by atoms with Gasteiger partial charge in [-0.15, -0.1) is 0 Å². The van der Waals surface area contributed by atoms with Crippen LogP contribution in [0.2, 0.25) is 0 Å². The first-order chi connectivity index (χ1) is 8.63. The molecule has 0 radical (unpaired) electrons. The average Bonchev–Trinajstić information content (AvgIpc) is 2.87. The van der Waals surface area contributed by atoms with Gasteiger partial charge in [0.2, 0.25) is 0 Å². The van der Waals surface area contributed by atoms with Gasteiger partial charge in [0.25, 0.3) is 0 Å². The van der Waals surface area contributed by atoms with E-state index >= 15 is 0 Å². The Morgan fingerprint density at radius 1 is 1.56 bits per heavy atom. The van der Waals surface area contributed by atoms with Gasteiger partial charge in [-0.3, -0.25) is 4.98 Å². The standard InChI is InChI=1S/C14H22N2O2/c1-9-8-16-12(10(2)14(9)17-3)7-11(15)13-5-4-6-18-13/h8,11,13H,4-7,15H2,1-3H3. The van der Waals surface area contributed by atoms with Gasteiger partial charge in [-0.1, -0.05) is 0 Å². The van der Waals surface area contributed by atoms with E-state index in [-0.39, 0.29) is 12.1 Å². The predicted molar refractivity (Wildman–Crippen MR) is 70.9 cm³/mol. The maximum Gasteiger partial charge on any atom is 0.128 e. The van der Waals surface area contributed by atoms with Gasteiger partial charge in [0.15, 0.2) is 0 Å². The van der Waals surface area contributed by atoms with E-state index in [1.807, 2.05) is 20.0 Å². The second kappa shape index (κ2) is 5.67. The molecule has 2 atom stereocenters. The third kappa shape index (κ3) is 2.65. The molecule has 0 amide bonds. The van der Waals surface area contributed by atoms with Crippen LogP contribution in [0.25, 0.3) is 0 Å². The fourth-order valence-electron chi connectivity index (χ4n) is 2.57. The molecule has 0 aromatic carbocycles. The SMILES string of the molecule is COc1c(C)cnc(CC(N)C2CCCO2)c1C. The quantitative estimate of drug-likeness (QED) is 0.884. The lowest BCUT2D eigenvalue weighted by molar-refractivity contribution is 0.0897. The summed E-state index contributed by atoms with van der Waals surface area (Å²) < 4.78 is 11.0. The second-order valence-corrected chi connectivity index (χ2v) is 4.97. The van der Waals surface area contributed by atoms with E-state index in [1.54, 1.807) is 7.11 Å². The zero-order valence-corrected chi connectivity index (χ0v) is 11.4. The lowest BCUT2D eigenvalue weighted by Gasteiger charge is -2.20. The normalized spacial score (nSPS) is 21.0. The van der Waals surface area contributed by atoms with Gasteiger partial charge in [0.05, 0.1) is 13.2 Å². The molecule has 1 aliphatic heterocycles. The van der Waals surface area contributed by atoms with Crippen LogP contribution in [0.3, 0.4) is 0 Å². The minimum atomic E-state index is 0.0195. The predicted octanol–water partition coefficient (Wildman–Crippen LogP) is 1.76. The molecule has 1 aliphatic rings. The molecule has 0 bridgehead atoms. The van der Waals surface area contributed by atoms with Crippen molar-refractivity contribution in [3.05, 3.63) is 23.0 Å². The number of nitrogens with zero attached hydrogens (tertiary/aromatic N) is 1. The molecule has 1 fully saturated rings. The van der Waals surface area contributed by atoms with Gasteiger partial charge >= 0.3 is 0 Å². The van der Waals surface area contributed by atoms with Crippen LogP contribution in [0, 0.1) is 13.8 Å². The maximum absolute atomic E-state index is 6.20. The molecule has 0 aliphatic carbocycles. The molecule has 2 heterocycles. The number of aromatic nitrogens is 1. The van der Waals surface area contributed by atoms with Crippen LogP contribution >= 0.6 is 0 Å². The Morgan fingerprint density at radius 2 is 2.33 bits per heavy atom. The minimum absolute atomic E-state index is 0.0195. The molecule has 4 heteroatoms. The molecule has 2 N–H and O–H groups in total. The number of hydrogen-bond donors (Lipinski definition) is 1. The summed E-state index contributed by atoms with van der Waals surface area (Å²) in [4.78, 5) is 4.48. The second-order valence-electron chi connectivity index (χ2n) is 4.97. The molecule has 1 saturated heterocycles. The Balaban J connectivity index is 2.13. The average molecular weight is 250 g/mol. The van der Waals surface area contributed by atoms with Gasteiger partial charge in [-0.25, -0.2) is 0 Å². The highest BCUT2D eigenvalue weighted by atomic mass is 16.5. The summed E-state index contributed by atoms with van der Waals surface area (Å²) in [5.74, 6) is 0.916. The van der Waals surface area contributed by atoms with Gasteiger partial charge in [-0.2, -0.15) is 0 Å². The smallest absolute Gasteiger partial charge is 0.128 e. The molecule has 0 spiro atoms. The van der Waals surface area contributed by atoms with E-state index < -0.39 is 0 Å². The van der Waals surface area contributed by atoms with E-state index in [0.717, 1.165) is 48.4 Å². The molecular formula is C14H22N2O2. The Labute approximate surface area is 108 Å². The fourth-order valence-corrected chi connectivity index (χ4v) is 2.57. The maximum atomic E-state index is 6.20. The summed E-state index contributed by atoms with van der Waals surface area (Å²) in [5, 5.41) is 0. The van der Waals surface area contributed by atoms with Gasteiger partial charge in [0.1, 0.15) is 5.75 Å². The van der Waals surface area contributed by atoms with Crippen molar-refractivity contribution < 1.29 is 9.47 Å². The van der Waals surface area contributed by atoms with Gasteiger partial charge < -0.3 is 15.2 Å². The zero-order chi connectivity index (χ0) is 13.1. The fraction of sp³-hybridized carbons (Fsp3) is 0.643. The van der Waals surface area contributed by atoms with Crippen molar-refractivity contribution >= 4 is 0 Å². The van der Waals surface area contributed by atoms with E-state index in [0.29, 0.717) is 0 Å². The lowest BCUT2D eigenvalue weighted by Crippen LogP contribution is -2.36. The largest absolute Gasteiger partial charge is 0.496 e. The number of rotatable bonds is 4. The van der Waals surface area contributed by atoms with Crippen LogP contribution < -0.4 is 10.5 Å². The summed E-state index contributed by atoms with van der Waals surface area (Å²) in [7, 11) is 1.69. The number of hydrogen-bond acceptors (Lipinski definition) is 4. The third-order valence-electron chi connectivity index (χ3n) is 3.62. The van der Waals surface area contributed by atoms with Crippen molar-refractivity contribution in [2.75, 3.05) is 13.7 Å². The minimum Gasteiger partial charge on any atom is -0.496 e. The van der Waals surface area contributed by atoms with Crippen molar-refractivity contribution in [1.82, 2.24) is 4.98 Å². The zero-order valence-electron chi connectivity index (χ0n) is 11.4. The van der Waals surface area contributed by atoms with Crippen LogP contribution in [-0.2, 0) is 11.2 Å². The van der Waals surface area contributed by atoms with Crippen molar-refractivity contribution in [2.24, 2.45) is 5.73 Å². The number of aryl methyl sites for hydroxylation is 1. The first-order valence-electron chi connectivity index (χ1n) is 6.49. The molecule has 2 unspecified atom stereocenters. The summed E-state index contributed by atoms with van der Waals surface area (Å²) in [6.07, 6.45) is 4.94. The molecule has 1 aromatic rings. The molecule has 4 nitrogen and oxygen atoms in total. The molecule has 100 valence electrons. The molecule has 1 aromatic heterocycles. The van der Waals surface area contributed by atoms with Crippen LogP contribution in [0.5, 0.6) is 5.75 Å². The Kier molecular flexibility index (Phi) is 4.19.